The molecule has 2 aromatic rings. The Hall–Kier alpha value is -2.89. The number of anilines is 1. The van der Waals surface area contributed by atoms with Crippen molar-refractivity contribution in [1.29, 1.82) is 0 Å². The monoisotopic (exact) mass is 314 g/mol. The fourth-order valence-corrected chi connectivity index (χ4v) is 2.21. The normalized spacial score (nSPS) is 10.9. The molecule has 0 N–H and O–H groups in total. The van der Waals surface area contributed by atoms with Crippen molar-refractivity contribution < 1.29 is 14.1 Å². The topological polar surface area (TPSA) is 76.6 Å². The van der Waals surface area contributed by atoms with Crippen LogP contribution in [0.4, 0.5) is 11.6 Å². The molecule has 120 valence electrons. The standard InChI is InChI=1S/C17H18N2O4/c1-3-18(4-2)14-7-5-13(6-8-14)16(20)11-9-15-10-12-17(23-15)19(21)22/h5-12H,3-4H2,1-2H3/b11-9+. The van der Waals surface area contributed by atoms with Crippen LogP contribution in [0.25, 0.3) is 6.08 Å². The van der Waals surface area contributed by atoms with Crippen LogP contribution in [-0.2, 0) is 0 Å². The summed E-state index contributed by atoms with van der Waals surface area (Å²) in [6.07, 6.45) is 2.77. The van der Waals surface area contributed by atoms with Crippen molar-refractivity contribution in [1.82, 2.24) is 0 Å². The van der Waals surface area contributed by atoms with E-state index in [1.165, 1.54) is 24.3 Å². The first-order valence-electron chi connectivity index (χ1n) is 7.36. The van der Waals surface area contributed by atoms with Crippen LogP contribution in [0.3, 0.4) is 0 Å². The molecular weight excluding hydrogens is 296 g/mol. The Kier molecular flexibility index (Phi) is 5.30. The summed E-state index contributed by atoms with van der Waals surface area (Å²) in [7, 11) is 0. The lowest BCUT2D eigenvalue weighted by molar-refractivity contribution is -0.402. The van der Waals surface area contributed by atoms with Gasteiger partial charge in [-0.3, -0.25) is 14.9 Å². The number of carbonyl (C=O) groups is 1. The van der Waals surface area contributed by atoms with E-state index < -0.39 is 4.92 Å². The Bertz CT molecular complexity index is 712. The van der Waals surface area contributed by atoms with E-state index in [0.29, 0.717) is 5.56 Å². The molecule has 0 amide bonds. The second-order valence-electron chi connectivity index (χ2n) is 4.85. The highest BCUT2D eigenvalue weighted by Crippen LogP contribution is 2.18. The molecule has 0 aliphatic rings. The summed E-state index contributed by atoms with van der Waals surface area (Å²) in [5.74, 6) is -0.263. The smallest absolute Gasteiger partial charge is 0.401 e. The van der Waals surface area contributed by atoms with E-state index in [4.69, 9.17) is 4.42 Å². The summed E-state index contributed by atoms with van der Waals surface area (Å²) in [5, 5.41) is 10.5. The average molecular weight is 314 g/mol. The van der Waals surface area contributed by atoms with Gasteiger partial charge in [-0.2, -0.15) is 0 Å². The lowest BCUT2D eigenvalue weighted by Gasteiger charge is -2.20. The Labute approximate surface area is 134 Å². The van der Waals surface area contributed by atoms with Gasteiger partial charge in [-0.15, -0.1) is 0 Å². The van der Waals surface area contributed by atoms with Crippen molar-refractivity contribution in [3.8, 4) is 0 Å². The van der Waals surface area contributed by atoms with Gasteiger partial charge >= 0.3 is 5.88 Å². The summed E-state index contributed by atoms with van der Waals surface area (Å²) in [4.78, 5) is 24.2. The molecule has 1 aromatic heterocycles. The SMILES string of the molecule is CCN(CC)c1ccc(C(=O)/C=C/c2ccc([N+](=O)[O-])o2)cc1. The largest absolute Gasteiger partial charge is 0.433 e. The zero-order valence-corrected chi connectivity index (χ0v) is 13.1. The summed E-state index contributed by atoms with van der Waals surface area (Å²) in [6.45, 7) is 5.96. The third-order valence-corrected chi connectivity index (χ3v) is 3.47. The van der Waals surface area contributed by atoms with Crippen LogP contribution in [0, 0.1) is 10.1 Å². The van der Waals surface area contributed by atoms with Gasteiger partial charge in [0.2, 0.25) is 0 Å². The second kappa shape index (κ2) is 7.40. The molecule has 6 heteroatoms. The van der Waals surface area contributed by atoms with E-state index >= 15 is 0 Å². The van der Waals surface area contributed by atoms with Crippen molar-refractivity contribution >= 4 is 23.4 Å². The van der Waals surface area contributed by atoms with Crippen LogP contribution < -0.4 is 4.90 Å². The fraction of sp³-hybridized carbons (Fsp3) is 0.235. The molecule has 0 bridgehead atoms. The predicted molar refractivity (Wildman–Crippen MR) is 88.7 cm³/mol. The van der Waals surface area contributed by atoms with Crippen molar-refractivity contribution in [2.24, 2.45) is 0 Å². The van der Waals surface area contributed by atoms with Gasteiger partial charge < -0.3 is 9.32 Å². The van der Waals surface area contributed by atoms with Crippen LogP contribution >= 0.6 is 0 Å². The zero-order valence-electron chi connectivity index (χ0n) is 13.1. The molecule has 0 aliphatic heterocycles. The number of nitro groups is 1. The highest BCUT2D eigenvalue weighted by molar-refractivity contribution is 6.06. The fourth-order valence-electron chi connectivity index (χ4n) is 2.21. The third kappa shape index (κ3) is 4.06. The van der Waals surface area contributed by atoms with Gasteiger partial charge in [-0.25, -0.2) is 0 Å². The highest BCUT2D eigenvalue weighted by Gasteiger charge is 2.10. The molecule has 0 fully saturated rings. The molecule has 0 atom stereocenters. The number of allylic oxidation sites excluding steroid dienone is 1. The van der Waals surface area contributed by atoms with Crippen LogP contribution in [0.5, 0.6) is 0 Å². The van der Waals surface area contributed by atoms with Gasteiger partial charge in [0.1, 0.15) is 10.7 Å². The number of nitrogens with zero attached hydrogens (tertiary/aromatic N) is 2. The highest BCUT2D eigenvalue weighted by atomic mass is 16.6. The first kappa shape index (κ1) is 16.5. The quantitative estimate of drug-likeness (QED) is 0.335. The van der Waals surface area contributed by atoms with E-state index in [-0.39, 0.29) is 17.4 Å². The van der Waals surface area contributed by atoms with Crippen molar-refractivity contribution in [3.63, 3.8) is 0 Å². The molecule has 6 nitrogen and oxygen atoms in total. The predicted octanol–water partition coefficient (Wildman–Crippen LogP) is 3.93. The number of furan rings is 1. The van der Waals surface area contributed by atoms with Crippen molar-refractivity contribution in [2.45, 2.75) is 13.8 Å². The molecule has 0 aliphatic carbocycles. The lowest BCUT2D eigenvalue weighted by atomic mass is 10.1. The molecule has 2 rings (SSSR count). The Morgan fingerprint density at radius 2 is 1.83 bits per heavy atom. The van der Waals surface area contributed by atoms with Crippen LogP contribution in [0.1, 0.15) is 30.0 Å². The lowest BCUT2D eigenvalue weighted by Crippen LogP contribution is -2.21. The Balaban J connectivity index is 2.07. The summed E-state index contributed by atoms with van der Waals surface area (Å²) in [6, 6.07) is 10.1. The third-order valence-electron chi connectivity index (χ3n) is 3.47. The maximum Gasteiger partial charge on any atom is 0.433 e. The second-order valence-corrected chi connectivity index (χ2v) is 4.85. The number of ketones is 1. The van der Waals surface area contributed by atoms with Crippen LogP contribution in [0.2, 0.25) is 0 Å². The number of benzene rings is 1. The van der Waals surface area contributed by atoms with E-state index in [9.17, 15) is 14.9 Å². The number of hydrogen-bond donors (Lipinski definition) is 0. The molecule has 1 heterocycles. The van der Waals surface area contributed by atoms with Gasteiger partial charge in [0.15, 0.2) is 5.78 Å². The minimum absolute atomic E-state index is 0.185. The first-order chi connectivity index (χ1) is 11.0. The minimum Gasteiger partial charge on any atom is -0.401 e. The number of rotatable bonds is 7. The van der Waals surface area contributed by atoms with E-state index in [1.54, 1.807) is 12.1 Å². The molecule has 23 heavy (non-hydrogen) atoms. The van der Waals surface area contributed by atoms with Crippen LogP contribution in [-0.4, -0.2) is 23.8 Å². The maximum absolute atomic E-state index is 12.1. The molecule has 0 radical (unpaired) electrons. The minimum atomic E-state index is -0.620. The van der Waals surface area contributed by atoms with Crippen molar-refractivity contribution in [2.75, 3.05) is 18.0 Å². The molecule has 0 spiro atoms. The van der Waals surface area contributed by atoms with Gasteiger partial charge in [0.25, 0.3) is 0 Å². The van der Waals surface area contributed by atoms with Gasteiger partial charge in [0, 0.05) is 24.3 Å². The Morgan fingerprint density at radius 1 is 1.17 bits per heavy atom. The summed E-state index contributed by atoms with van der Waals surface area (Å²) in [5.41, 5.74) is 1.62. The molecule has 0 saturated carbocycles. The van der Waals surface area contributed by atoms with Crippen molar-refractivity contribution in [3.05, 3.63) is 63.9 Å². The Morgan fingerprint density at radius 3 is 2.35 bits per heavy atom. The van der Waals surface area contributed by atoms with E-state index in [2.05, 4.69) is 18.7 Å². The summed E-state index contributed by atoms with van der Waals surface area (Å²) < 4.78 is 4.97. The van der Waals surface area contributed by atoms with Gasteiger partial charge in [-0.1, -0.05) is 0 Å². The molecular formula is C17H18N2O4. The summed E-state index contributed by atoms with van der Waals surface area (Å²) >= 11 is 0. The van der Waals surface area contributed by atoms with Gasteiger partial charge in [0.05, 0.1) is 6.07 Å². The van der Waals surface area contributed by atoms with Crippen LogP contribution in [0.15, 0.2) is 46.9 Å². The molecule has 1 aromatic carbocycles. The maximum atomic E-state index is 12.1. The number of hydrogen-bond acceptors (Lipinski definition) is 5. The van der Waals surface area contributed by atoms with Gasteiger partial charge in [-0.05, 0) is 56.3 Å². The van der Waals surface area contributed by atoms with E-state index in [1.807, 2.05) is 12.1 Å². The number of carbonyl (C=O) groups excluding carboxylic acids is 1. The molecule has 0 unspecified atom stereocenters. The zero-order chi connectivity index (χ0) is 16.8. The first-order valence-corrected chi connectivity index (χ1v) is 7.36. The van der Waals surface area contributed by atoms with E-state index in [0.717, 1.165) is 18.8 Å². The molecule has 0 saturated heterocycles. The average Bonchev–Trinajstić information content (AvgIpc) is 3.04.